The van der Waals surface area contributed by atoms with Gasteiger partial charge in [-0.2, -0.15) is 0 Å². The summed E-state index contributed by atoms with van der Waals surface area (Å²) in [4.78, 5) is 18.0. The third-order valence-corrected chi connectivity index (χ3v) is 7.11. The number of carbonyl (C=O) groups is 1. The van der Waals surface area contributed by atoms with Crippen molar-refractivity contribution in [2.75, 3.05) is 12.0 Å². The molecule has 7 heteroatoms. The first-order valence-corrected chi connectivity index (χ1v) is 11.4. The Balaban J connectivity index is 1.72. The van der Waals surface area contributed by atoms with Gasteiger partial charge in [0.25, 0.3) is 5.91 Å². The number of nitrogens with zero attached hydrogens (tertiary/aromatic N) is 2. The molecule has 2 unspecified atom stereocenters. The number of para-hydroxylation sites is 1. The Morgan fingerprint density at radius 2 is 2.03 bits per heavy atom. The maximum atomic E-state index is 13.6. The number of hydrogen-bond donors (Lipinski definition) is 0. The number of fused-ring (bicyclic) bond motifs is 4. The first kappa shape index (κ1) is 20.0. The average molecular weight is 451 g/mol. The van der Waals surface area contributed by atoms with Crippen LogP contribution in [0.3, 0.4) is 0 Å². The number of amides is 1. The molecule has 1 fully saturated rings. The molecule has 1 aromatic heterocycles. The third kappa shape index (κ3) is 3.11. The van der Waals surface area contributed by atoms with Crippen molar-refractivity contribution in [1.82, 2.24) is 4.90 Å². The third-order valence-electron chi connectivity index (χ3n) is 5.87. The fourth-order valence-electron chi connectivity index (χ4n) is 4.50. The summed E-state index contributed by atoms with van der Waals surface area (Å²) in [6.45, 7) is 4.06. The van der Waals surface area contributed by atoms with E-state index in [2.05, 4.69) is 6.07 Å². The summed E-state index contributed by atoms with van der Waals surface area (Å²) < 4.78 is 12.2. The Morgan fingerprint density at radius 1 is 1.23 bits per heavy atom. The molecular formula is C24H22N2O3S2. The Labute approximate surface area is 190 Å². The van der Waals surface area contributed by atoms with Crippen LogP contribution in [0.2, 0.25) is 0 Å². The van der Waals surface area contributed by atoms with Gasteiger partial charge in [0.15, 0.2) is 22.3 Å². The molecule has 0 saturated carbocycles. The molecule has 0 spiro atoms. The number of carbonyl (C=O) groups excluding carboxylic acids is 1. The molecule has 1 amide bonds. The predicted octanol–water partition coefficient (Wildman–Crippen LogP) is 5.55. The second kappa shape index (κ2) is 7.35. The maximum absolute atomic E-state index is 13.6. The molecule has 5 nitrogen and oxygen atoms in total. The fraction of sp³-hybridized carbons (Fsp3) is 0.250. The SMILES string of the molecule is COc1cccc2c1OC1(C)CC2N(C(=O)c2cccs2)C(=S)N1c1cccc(C)c1. The molecule has 2 aromatic carbocycles. The number of hydrogen-bond acceptors (Lipinski definition) is 5. The number of benzene rings is 2. The summed E-state index contributed by atoms with van der Waals surface area (Å²) in [7, 11) is 1.63. The number of methoxy groups -OCH3 is 1. The monoisotopic (exact) mass is 450 g/mol. The van der Waals surface area contributed by atoms with E-state index in [0.29, 0.717) is 27.9 Å². The Bertz CT molecular complexity index is 1180. The van der Waals surface area contributed by atoms with E-state index in [1.165, 1.54) is 11.3 Å². The van der Waals surface area contributed by atoms with E-state index in [0.717, 1.165) is 16.8 Å². The van der Waals surface area contributed by atoms with E-state index >= 15 is 0 Å². The summed E-state index contributed by atoms with van der Waals surface area (Å²) in [5.41, 5.74) is 2.15. The lowest BCUT2D eigenvalue weighted by molar-refractivity contribution is 0.0164. The van der Waals surface area contributed by atoms with Crippen LogP contribution in [-0.2, 0) is 0 Å². The topological polar surface area (TPSA) is 42.0 Å². The van der Waals surface area contributed by atoms with Gasteiger partial charge >= 0.3 is 0 Å². The molecule has 2 atom stereocenters. The zero-order valence-electron chi connectivity index (χ0n) is 17.5. The Hall–Kier alpha value is -2.90. The van der Waals surface area contributed by atoms with Crippen molar-refractivity contribution in [2.24, 2.45) is 0 Å². The summed E-state index contributed by atoms with van der Waals surface area (Å²) >= 11 is 7.39. The minimum atomic E-state index is -0.761. The Morgan fingerprint density at radius 3 is 2.74 bits per heavy atom. The van der Waals surface area contributed by atoms with Crippen LogP contribution in [0.1, 0.15) is 40.2 Å². The molecule has 0 N–H and O–H groups in total. The highest BCUT2D eigenvalue weighted by Gasteiger charge is 2.54. The van der Waals surface area contributed by atoms with Crippen molar-refractivity contribution < 1.29 is 14.3 Å². The molecule has 2 aliphatic rings. The normalized spacial score (nSPS) is 22.0. The van der Waals surface area contributed by atoms with Crippen LogP contribution in [0.15, 0.2) is 60.0 Å². The second-order valence-electron chi connectivity index (χ2n) is 7.99. The summed E-state index contributed by atoms with van der Waals surface area (Å²) in [6.07, 6.45) is 0.582. The summed E-state index contributed by atoms with van der Waals surface area (Å²) in [6, 6.07) is 17.4. The van der Waals surface area contributed by atoms with Gasteiger partial charge in [-0.15, -0.1) is 11.3 Å². The van der Waals surface area contributed by atoms with E-state index in [-0.39, 0.29) is 11.9 Å². The van der Waals surface area contributed by atoms with Gasteiger partial charge in [-0.25, -0.2) is 0 Å². The smallest absolute Gasteiger partial charge is 0.270 e. The number of ether oxygens (including phenoxy) is 2. The van der Waals surface area contributed by atoms with Gasteiger partial charge in [0.2, 0.25) is 0 Å². The van der Waals surface area contributed by atoms with Crippen LogP contribution in [0.5, 0.6) is 11.5 Å². The minimum absolute atomic E-state index is 0.0969. The molecule has 158 valence electrons. The first-order valence-electron chi connectivity index (χ1n) is 10.1. The zero-order valence-corrected chi connectivity index (χ0v) is 19.1. The van der Waals surface area contributed by atoms with E-state index in [1.54, 1.807) is 12.0 Å². The highest BCUT2D eigenvalue weighted by atomic mass is 32.1. The lowest BCUT2D eigenvalue weighted by atomic mass is 9.88. The van der Waals surface area contributed by atoms with Crippen LogP contribution in [0, 0.1) is 6.92 Å². The van der Waals surface area contributed by atoms with E-state index in [1.807, 2.05) is 72.7 Å². The minimum Gasteiger partial charge on any atom is -0.493 e. The molecule has 0 aliphatic carbocycles. The van der Waals surface area contributed by atoms with Gasteiger partial charge in [-0.1, -0.05) is 30.3 Å². The van der Waals surface area contributed by atoms with Crippen molar-refractivity contribution >= 4 is 40.3 Å². The van der Waals surface area contributed by atoms with Gasteiger partial charge in [0.05, 0.1) is 18.0 Å². The number of thiophene rings is 1. The van der Waals surface area contributed by atoms with E-state index in [4.69, 9.17) is 21.7 Å². The predicted molar refractivity (Wildman–Crippen MR) is 126 cm³/mol. The lowest BCUT2D eigenvalue weighted by Gasteiger charge is -2.55. The van der Waals surface area contributed by atoms with Crippen LogP contribution < -0.4 is 14.4 Å². The number of rotatable bonds is 3. The number of anilines is 1. The Kier molecular flexibility index (Phi) is 4.75. The van der Waals surface area contributed by atoms with Crippen LogP contribution in [0.25, 0.3) is 0 Å². The zero-order chi connectivity index (χ0) is 21.8. The number of aryl methyl sites for hydroxylation is 1. The van der Waals surface area contributed by atoms with E-state index < -0.39 is 5.72 Å². The molecule has 5 rings (SSSR count). The molecular weight excluding hydrogens is 428 g/mol. The van der Waals surface area contributed by atoms with Gasteiger partial charge in [-0.3, -0.25) is 14.6 Å². The largest absolute Gasteiger partial charge is 0.493 e. The summed E-state index contributed by atoms with van der Waals surface area (Å²) in [5.74, 6) is 1.21. The van der Waals surface area contributed by atoms with Gasteiger partial charge in [0.1, 0.15) is 0 Å². The molecule has 0 radical (unpaired) electrons. The van der Waals surface area contributed by atoms with Crippen LogP contribution >= 0.6 is 23.6 Å². The van der Waals surface area contributed by atoms with Crippen molar-refractivity contribution in [1.29, 1.82) is 0 Å². The summed E-state index contributed by atoms with van der Waals surface area (Å²) in [5, 5.41) is 2.35. The maximum Gasteiger partial charge on any atom is 0.270 e. The van der Waals surface area contributed by atoms with E-state index in [9.17, 15) is 4.79 Å². The molecule has 2 aliphatic heterocycles. The second-order valence-corrected chi connectivity index (χ2v) is 9.30. The van der Waals surface area contributed by atoms with Gasteiger partial charge in [0, 0.05) is 17.7 Å². The van der Waals surface area contributed by atoms with Crippen molar-refractivity contribution in [3.63, 3.8) is 0 Å². The van der Waals surface area contributed by atoms with Crippen LogP contribution in [-0.4, -0.2) is 28.8 Å². The standard InChI is InChI=1S/C24H22N2O3S2/c1-15-7-4-8-16(13-15)26-23(30)25(22(27)20-11-6-12-31-20)18-14-24(26,2)29-21-17(18)9-5-10-19(21)28-3/h4-13,18H,14H2,1-3H3. The fourth-order valence-corrected chi connectivity index (χ4v) is 5.67. The quantitative estimate of drug-likeness (QED) is 0.489. The van der Waals surface area contributed by atoms with Gasteiger partial charge < -0.3 is 9.47 Å². The van der Waals surface area contributed by atoms with Crippen molar-refractivity contribution in [2.45, 2.75) is 32.0 Å². The lowest BCUT2D eigenvalue weighted by Crippen LogP contribution is -2.67. The molecule has 2 bridgehead atoms. The number of thiocarbonyl (C=S) groups is 1. The van der Waals surface area contributed by atoms with Gasteiger partial charge in [-0.05, 0) is 61.3 Å². The highest BCUT2D eigenvalue weighted by Crippen LogP contribution is 2.52. The first-order chi connectivity index (χ1) is 14.9. The highest BCUT2D eigenvalue weighted by molar-refractivity contribution is 7.80. The molecule has 3 aromatic rings. The van der Waals surface area contributed by atoms with Crippen molar-refractivity contribution in [3.05, 3.63) is 76.0 Å². The molecule has 3 heterocycles. The molecule has 31 heavy (non-hydrogen) atoms. The van der Waals surface area contributed by atoms with Crippen molar-refractivity contribution in [3.8, 4) is 11.5 Å². The average Bonchev–Trinajstić information content (AvgIpc) is 3.28. The molecule has 1 saturated heterocycles. The van der Waals surface area contributed by atoms with Crippen LogP contribution in [0.4, 0.5) is 5.69 Å².